The lowest BCUT2D eigenvalue weighted by Crippen LogP contribution is -2.27. The van der Waals surface area contributed by atoms with Gasteiger partial charge in [0.05, 0.1) is 0 Å². The lowest BCUT2D eigenvalue weighted by Gasteiger charge is -2.30. The quantitative estimate of drug-likeness (QED) is 0.109. The third-order valence-corrected chi connectivity index (χ3v) is 10.6. The van der Waals surface area contributed by atoms with Gasteiger partial charge < -0.3 is 14.9 Å². The normalized spacial score (nSPS) is 18.5. The molecule has 8 rings (SSSR count). The number of benzene rings is 5. The molecule has 1 saturated carbocycles. The van der Waals surface area contributed by atoms with E-state index in [1.807, 2.05) is 6.08 Å². The molecule has 1 fully saturated rings. The van der Waals surface area contributed by atoms with Crippen molar-refractivity contribution in [1.82, 2.24) is 0 Å². The van der Waals surface area contributed by atoms with Crippen LogP contribution in [0.1, 0.15) is 61.3 Å². The molecule has 1 heterocycles. The minimum atomic E-state index is -1.21. The van der Waals surface area contributed by atoms with Crippen LogP contribution in [-0.4, -0.2) is 17.1 Å². The highest BCUT2D eigenvalue weighted by Crippen LogP contribution is 2.56. The molecule has 240 valence electrons. The molecule has 5 aromatic carbocycles. The van der Waals surface area contributed by atoms with Crippen molar-refractivity contribution in [2.45, 2.75) is 50.5 Å². The van der Waals surface area contributed by atoms with Crippen LogP contribution >= 0.6 is 0 Å². The first-order chi connectivity index (χ1) is 23.8. The van der Waals surface area contributed by atoms with Gasteiger partial charge in [0.15, 0.2) is 0 Å². The summed E-state index contributed by atoms with van der Waals surface area (Å²) < 4.78 is 0. The SMILES string of the molecule is CC1(C)c2cc(N(c3ccccc3)c3ccccc3)ccc2-c2ccc(N3c4ccc(/C=C/C=C(\C#N)C(=O)O)cc4C4CCCC43)cc21. The highest BCUT2D eigenvalue weighted by molar-refractivity contribution is 5.91. The zero-order valence-electron chi connectivity index (χ0n) is 27.7. The molecule has 49 heavy (non-hydrogen) atoms. The van der Waals surface area contributed by atoms with E-state index in [1.165, 1.54) is 51.7 Å². The minimum Gasteiger partial charge on any atom is -0.477 e. The van der Waals surface area contributed by atoms with Crippen molar-refractivity contribution >= 4 is 40.5 Å². The first-order valence-electron chi connectivity index (χ1n) is 17.0. The number of anilines is 5. The van der Waals surface area contributed by atoms with Crippen molar-refractivity contribution < 1.29 is 9.90 Å². The number of carbonyl (C=O) groups is 1. The molecule has 1 aliphatic heterocycles. The average molecular weight is 640 g/mol. The molecule has 5 aromatic rings. The second kappa shape index (κ2) is 12.0. The summed E-state index contributed by atoms with van der Waals surface area (Å²) in [5.41, 5.74) is 13.1. The molecule has 0 spiro atoms. The van der Waals surface area contributed by atoms with Gasteiger partial charge in [-0.3, -0.25) is 0 Å². The fourth-order valence-electron chi connectivity index (χ4n) is 8.33. The van der Waals surface area contributed by atoms with E-state index in [-0.39, 0.29) is 11.0 Å². The summed E-state index contributed by atoms with van der Waals surface area (Å²) in [4.78, 5) is 16.1. The Kier molecular flexibility index (Phi) is 7.45. The Labute approximate surface area is 287 Å². The Morgan fingerprint density at radius 3 is 2.18 bits per heavy atom. The van der Waals surface area contributed by atoms with Crippen LogP contribution in [0.4, 0.5) is 28.4 Å². The smallest absolute Gasteiger partial charge is 0.346 e. The van der Waals surface area contributed by atoms with Gasteiger partial charge in [0.25, 0.3) is 0 Å². The second-order valence-corrected chi connectivity index (χ2v) is 13.7. The zero-order chi connectivity index (χ0) is 33.7. The van der Waals surface area contributed by atoms with Crippen molar-refractivity contribution in [3.8, 4) is 17.2 Å². The van der Waals surface area contributed by atoms with E-state index < -0.39 is 5.97 Å². The Bertz CT molecular complexity index is 2150. The molecule has 2 aliphatic carbocycles. The predicted octanol–water partition coefficient (Wildman–Crippen LogP) is 10.8. The van der Waals surface area contributed by atoms with Crippen molar-refractivity contribution in [3.05, 3.63) is 155 Å². The van der Waals surface area contributed by atoms with Crippen LogP contribution in [0.2, 0.25) is 0 Å². The van der Waals surface area contributed by atoms with Gasteiger partial charge in [0.2, 0.25) is 0 Å². The predicted molar refractivity (Wildman–Crippen MR) is 198 cm³/mol. The molecule has 5 nitrogen and oxygen atoms in total. The molecule has 0 bridgehead atoms. The number of allylic oxidation sites excluding steroid dienone is 2. The first-order valence-corrected chi connectivity index (χ1v) is 17.0. The topological polar surface area (TPSA) is 67.6 Å². The van der Waals surface area contributed by atoms with Crippen LogP contribution < -0.4 is 9.80 Å². The van der Waals surface area contributed by atoms with Crippen LogP contribution in [0.25, 0.3) is 17.2 Å². The zero-order valence-corrected chi connectivity index (χ0v) is 27.7. The highest BCUT2D eigenvalue weighted by Gasteiger charge is 2.43. The fraction of sp³-hybridized carbons (Fsp3) is 0.182. The van der Waals surface area contributed by atoms with Gasteiger partial charge >= 0.3 is 5.97 Å². The number of para-hydroxylation sites is 2. The molecule has 0 amide bonds. The summed E-state index contributed by atoms with van der Waals surface area (Å²) in [6.07, 6.45) is 8.39. The van der Waals surface area contributed by atoms with E-state index in [0.717, 1.165) is 35.5 Å². The number of nitriles is 1. The molecular formula is C44H37N3O2. The third-order valence-electron chi connectivity index (χ3n) is 10.6. The van der Waals surface area contributed by atoms with Crippen molar-refractivity contribution in [3.63, 3.8) is 0 Å². The van der Waals surface area contributed by atoms with Gasteiger partial charge in [0, 0.05) is 45.8 Å². The molecule has 1 N–H and O–H groups in total. The number of aliphatic carboxylic acids is 1. The Balaban J connectivity index is 1.15. The molecule has 3 aliphatic rings. The number of rotatable bonds is 7. The standard InChI is InChI=1S/C44H37N3O2/c1-44(2)39-26-33(46(31-13-5-3-6-14-31)32-15-7-4-8-16-32)20-22-35(39)36-23-21-34(27-40(36)44)47-41-18-10-17-37(41)38-25-29(19-24-42(38)47)11-9-12-30(28-45)43(48)49/h3-9,11-16,19-27,37,41H,10,17-18H2,1-2H3,(H,48,49)/b11-9+,30-12+. The molecule has 2 unspecified atom stereocenters. The summed E-state index contributed by atoms with van der Waals surface area (Å²) in [6, 6.07) is 43.8. The molecule has 0 saturated heterocycles. The van der Waals surface area contributed by atoms with Crippen LogP contribution in [0.5, 0.6) is 0 Å². The van der Waals surface area contributed by atoms with Crippen LogP contribution in [0.15, 0.2) is 133 Å². The lowest BCUT2D eigenvalue weighted by atomic mass is 9.82. The molecule has 0 radical (unpaired) electrons. The molecule has 2 atom stereocenters. The van der Waals surface area contributed by atoms with Crippen LogP contribution in [0, 0.1) is 11.3 Å². The van der Waals surface area contributed by atoms with Gasteiger partial charge in [-0.15, -0.1) is 0 Å². The molecular weight excluding hydrogens is 603 g/mol. The summed E-state index contributed by atoms with van der Waals surface area (Å²) in [5.74, 6) is -0.761. The van der Waals surface area contributed by atoms with Crippen LogP contribution in [0.3, 0.4) is 0 Å². The van der Waals surface area contributed by atoms with Crippen molar-refractivity contribution in [2.24, 2.45) is 0 Å². The maximum atomic E-state index is 11.2. The maximum Gasteiger partial charge on any atom is 0.346 e. The van der Waals surface area contributed by atoms with Gasteiger partial charge in [0.1, 0.15) is 11.6 Å². The second-order valence-electron chi connectivity index (χ2n) is 13.7. The van der Waals surface area contributed by atoms with Gasteiger partial charge in [-0.05, 0) is 113 Å². The summed E-state index contributed by atoms with van der Waals surface area (Å²) >= 11 is 0. The summed E-state index contributed by atoms with van der Waals surface area (Å²) in [5, 5.41) is 18.2. The maximum absolute atomic E-state index is 11.2. The van der Waals surface area contributed by atoms with E-state index in [2.05, 4.69) is 139 Å². The number of nitrogens with zero attached hydrogens (tertiary/aromatic N) is 3. The number of hydrogen-bond donors (Lipinski definition) is 1. The summed E-state index contributed by atoms with van der Waals surface area (Å²) in [6.45, 7) is 4.71. The highest BCUT2D eigenvalue weighted by atomic mass is 16.4. The number of fused-ring (bicyclic) bond motifs is 6. The van der Waals surface area contributed by atoms with E-state index in [1.54, 1.807) is 12.1 Å². The number of carboxylic acid groups (broad SMARTS) is 1. The summed E-state index contributed by atoms with van der Waals surface area (Å²) in [7, 11) is 0. The third kappa shape index (κ3) is 5.12. The lowest BCUT2D eigenvalue weighted by molar-refractivity contribution is -0.132. The van der Waals surface area contributed by atoms with E-state index >= 15 is 0 Å². The van der Waals surface area contributed by atoms with Crippen LogP contribution in [-0.2, 0) is 10.2 Å². The van der Waals surface area contributed by atoms with E-state index in [0.29, 0.717) is 12.0 Å². The minimum absolute atomic E-state index is 0.187. The fourth-order valence-corrected chi connectivity index (χ4v) is 8.33. The largest absolute Gasteiger partial charge is 0.477 e. The average Bonchev–Trinajstić information content (AvgIpc) is 3.78. The Morgan fingerprint density at radius 1 is 0.837 bits per heavy atom. The van der Waals surface area contributed by atoms with Gasteiger partial charge in [-0.1, -0.05) is 87.0 Å². The van der Waals surface area contributed by atoms with Gasteiger partial charge in [-0.25, -0.2) is 4.79 Å². The molecule has 0 aromatic heterocycles. The first kappa shape index (κ1) is 30.5. The monoisotopic (exact) mass is 639 g/mol. The van der Waals surface area contributed by atoms with Crippen molar-refractivity contribution in [1.29, 1.82) is 5.26 Å². The molecule has 5 heteroatoms. The van der Waals surface area contributed by atoms with Crippen molar-refractivity contribution in [2.75, 3.05) is 9.80 Å². The number of hydrogen-bond acceptors (Lipinski definition) is 4. The number of carboxylic acids is 1. The Morgan fingerprint density at radius 2 is 1.51 bits per heavy atom. The Hall–Kier alpha value is -5.86. The van der Waals surface area contributed by atoms with Gasteiger partial charge in [-0.2, -0.15) is 5.26 Å². The van der Waals surface area contributed by atoms with E-state index in [4.69, 9.17) is 10.4 Å². The van der Waals surface area contributed by atoms with E-state index in [9.17, 15) is 4.79 Å².